The van der Waals surface area contributed by atoms with Crippen LogP contribution in [0.4, 0.5) is 0 Å². The predicted octanol–water partition coefficient (Wildman–Crippen LogP) is 3.31. The van der Waals surface area contributed by atoms with Gasteiger partial charge in [-0.25, -0.2) is 4.52 Å². The van der Waals surface area contributed by atoms with Gasteiger partial charge in [-0.2, -0.15) is 5.10 Å². The van der Waals surface area contributed by atoms with Crippen molar-refractivity contribution in [3.63, 3.8) is 0 Å². The molecule has 0 saturated carbocycles. The maximum absolute atomic E-state index is 11.0. The van der Waals surface area contributed by atoms with E-state index in [4.69, 9.17) is 0 Å². The number of carbonyl (C=O) groups excluding carboxylic acids is 1. The van der Waals surface area contributed by atoms with E-state index in [0.717, 1.165) is 39.9 Å². The Morgan fingerprint density at radius 3 is 2.77 bits per heavy atom. The first kappa shape index (κ1) is 14.1. The molecule has 0 spiro atoms. The molecule has 3 aromatic rings. The summed E-state index contributed by atoms with van der Waals surface area (Å²) in [4.78, 5) is 11.0. The van der Waals surface area contributed by atoms with Crippen molar-refractivity contribution in [2.24, 2.45) is 0 Å². The van der Waals surface area contributed by atoms with Crippen molar-refractivity contribution in [3.05, 3.63) is 66.0 Å². The molecule has 4 nitrogen and oxygen atoms in total. The van der Waals surface area contributed by atoms with Crippen molar-refractivity contribution in [1.82, 2.24) is 14.9 Å². The monoisotopic (exact) mass is 291 g/mol. The largest absolute Gasteiger partial charge is 0.388 e. The average molecular weight is 291 g/mol. The number of nitrogens with one attached hydrogen (secondary N) is 1. The Hall–Kier alpha value is -2.88. The van der Waals surface area contributed by atoms with E-state index in [1.54, 1.807) is 6.07 Å². The number of benzene rings is 1. The van der Waals surface area contributed by atoms with Gasteiger partial charge in [0, 0.05) is 30.1 Å². The molecule has 1 N–H and O–H groups in total. The van der Waals surface area contributed by atoms with Crippen LogP contribution in [0.25, 0.3) is 22.3 Å². The molecule has 1 aromatic carbocycles. The second-order valence-electron chi connectivity index (χ2n) is 5.18. The van der Waals surface area contributed by atoms with Gasteiger partial charge in [-0.3, -0.25) is 4.79 Å². The van der Waals surface area contributed by atoms with Crippen molar-refractivity contribution >= 4 is 17.5 Å². The van der Waals surface area contributed by atoms with Crippen molar-refractivity contribution in [2.75, 3.05) is 7.05 Å². The van der Waals surface area contributed by atoms with Gasteiger partial charge in [0.1, 0.15) is 6.29 Å². The number of fused-ring (bicyclic) bond motifs is 1. The number of hydrogen-bond acceptors (Lipinski definition) is 3. The first-order valence-corrected chi connectivity index (χ1v) is 7.05. The fourth-order valence-electron chi connectivity index (χ4n) is 2.63. The lowest BCUT2D eigenvalue weighted by atomic mass is 10.0. The van der Waals surface area contributed by atoms with Crippen molar-refractivity contribution in [2.45, 2.75) is 6.92 Å². The number of pyridine rings is 1. The minimum atomic E-state index is 0.668. The summed E-state index contributed by atoms with van der Waals surface area (Å²) in [5.74, 6) is 0. The molecule has 0 saturated heterocycles. The van der Waals surface area contributed by atoms with Gasteiger partial charge < -0.3 is 5.32 Å². The molecule has 2 heterocycles. The zero-order valence-electron chi connectivity index (χ0n) is 12.6. The van der Waals surface area contributed by atoms with Crippen LogP contribution in [0.1, 0.15) is 21.6 Å². The zero-order chi connectivity index (χ0) is 15.7. The fourth-order valence-corrected chi connectivity index (χ4v) is 2.63. The van der Waals surface area contributed by atoms with E-state index in [1.807, 2.05) is 48.9 Å². The first-order chi connectivity index (χ1) is 10.6. The lowest BCUT2D eigenvalue weighted by Gasteiger charge is -2.06. The van der Waals surface area contributed by atoms with Crippen LogP contribution in [-0.4, -0.2) is 22.9 Å². The lowest BCUT2D eigenvalue weighted by molar-refractivity contribution is 0.112. The van der Waals surface area contributed by atoms with E-state index in [1.165, 1.54) is 0 Å². The Labute approximate surface area is 129 Å². The number of nitrogens with zero attached hydrogens (tertiary/aromatic N) is 2. The quantitative estimate of drug-likeness (QED) is 0.750. The number of aromatic nitrogens is 2. The Morgan fingerprint density at radius 1 is 1.27 bits per heavy atom. The molecule has 0 aliphatic rings. The normalized spacial score (nSPS) is 10.6. The van der Waals surface area contributed by atoms with Crippen LogP contribution in [0, 0.1) is 6.92 Å². The van der Waals surface area contributed by atoms with Crippen molar-refractivity contribution in [3.8, 4) is 11.1 Å². The third-order valence-electron chi connectivity index (χ3n) is 3.77. The van der Waals surface area contributed by atoms with Crippen molar-refractivity contribution < 1.29 is 4.79 Å². The highest BCUT2D eigenvalue weighted by Crippen LogP contribution is 2.26. The third kappa shape index (κ3) is 2.29. The van der Waals surface area contributed by atoms with E-state index < -0.39 is 0 Å². The van der Waals surface area contributed by atoms with Gasteiger partial charge >= 0.3 is 0 Å². The Balaban J connectivity index is 2.20. The summed E-state index contributed by atoms with van der Waals surface area (Å²) in [6.07, 6.45) is 2.79. The first-order valence-electron chi connectivity index (χ1n) is 7.05. The van der Waals surface area contributed by atoms with Crippen molar-refractivity contribution in [1.29, 1.82) is 0 Å². The molecular formula is C18H17N3O. The minimum absolute atomic E-state index is 0.668. The van der Waals surface area contributed by atoms with Gasteiger partial charge in [0.15, 0.2) is 0 Å². The maximum atomic E-state index is 11.0. The molecular weight excluding hydrogens is 274 g/mol. The van der Waals surface area contributed by atoms with Crippen LogP contribution in [0.5, 0.6) is 0 Å². The Kier molecular flexibility index (Phi) is 3.51. The number of aldehydes is 1. The third-order valence-corrected chi connectivity index (χ3v) is 3.77. The standard InChI is InChI=1S/C18H17N3O/c1-12(19-3)18-13(2)20-21-8-7-16(10-17(18)21)15-6-4-5-14(9-15)11-22/h4-11,19H,1H2,2-3H3. The van der Waals surface area contributed by atoms with E-state index in [-0.39, 0.29) is 0 Å². The SMILES string of the molecule is C=C(NC)c1c(C)nn2ccc(-c3cccc(C=O)c3)cc12. The molecule has 0 fully saturated rings. The number of aryl methyl sites for hydroxylation is 1. The van der Waals surface area contributed by atoms with Crippen LogP contribution in [0.3, 0.4) is 0 Å². The summed E-state index contributed by atoms with van der Waals surface area (Å²) >= 11 is 0. The van der Waals surface area contributed by atoms with Gasteiger partial charge in [-0.05, 0) is 36.2 Å². The highest BCUT2D eigenvalue weighted by molar-refractivity contribution is 5.83. The van der Waals surface area contributed by atoms with E-state index in [0.29, 0.717) is 5.56 Å². The highest BCUT2D eigenvalue weighted by Gasteiger charge is 2.12. The molecule has 2 aromatic heterocycles. The summed E-state index contributed by atoms with van der Waals surface area (Å²) in [5.41, 5.74) is 6.49. The van der Waals surface area contributed by atoms with Crippen LogP contribution in [0.2, 0.25) is 0 Å². The second kappa shape index (κ2) is 5.48. The molecule has 0 amide bonds. The second-order valence-corrected chi connectivity index (χ2v) is 5.18. The molecule has 0 unspecified atom stereocenters. The summed E-state index contributed by atoms with van der Waals surface area (Å²) in [6, 6.07) is 11.6. The van der Waals surface area contributed by atoms with E-state index in [9.17, 15) is 4.79 Å². The summed E-state index contributed by atoms with van der Waals surface area (Å²) in [6.45, 7) is 6.02. The minimum Gasteiger partial charge on any atom is -0.388 e. The number of hydrogen-bond donors (Lipinski definition) is 1. The van der Waals surface area contributed by atoms with Gasteiger partial charge in [-0.1, -0.05) is 24.8 Å². The van der Waals surface area contributed by atoms with Gasteiger partial charge in [0.25, 0.3) is 0 Å². The lowest BCUT2D eigenvalue weighted by Crippen LogP contribution is -2.03. The fraction of sp³-hybridized carbons (Fsp3) is 0.111. The van der Waals surface area contributed by atoms with Crippen LogP contribution in [0.15, 0.2) is 49.2 Å². The molecule has 0 bridgehead atoms. The summed E-state index contributed by atoms with van der Waals surface area (Å²) in [5, 5.41) is 7.59. The van der Waals surface area contributed by atoms with E-state index >= 15 is 0 Å². The average Bonchev–Trinajstić information content (AvgIpc) is 2.89. The molecule has 0 radical (unpaired) electrons. The maximum Gasteiger partial charge on any atom is 0.150 e. The highest BCUT2D eigenvalue weighted by atomic mass is 16.1. The van der Waals surface area contributed by atoms with Gasteiger partial charge in [0.05, 0.1) is 11.2 Å². The van der Waals surface area contributed by atoms with Crippen LogP contribution < -0.4 is 5.32 Å². The smallest absolute Gasteiger partial charge is 0.150 e. The van der Waals surface area contributed by atoms with E-state index in [2.05, 4.69) is 23.1 Å². The molecule has 4 heteroatoms. The number of rotatable bonds is 4. The predicted molar refractivity (Wildman–Crippen MR) is 88.8 cm³/mol. The van der Waals surface area contributed by atoms with Crippen LogP contribution >= 0.6 is 0 Å². The molecule has 0 aliphatic carbocycles. The molecule has 0 atom stereocenters. The topological polar surface area (TPSA) is 46.4 Å². The summed E-state index contributed by atoms with van der Waals surface area (Å²) < 4.78 is 1.85. The zero-order valence-corrected chi connectivity index (χ0v) is 12.6. The number of carbonyl (C=O) groups is 1. The molecule has 22 heavy (non-hydrogen) atoms. The Morgan fingerprint density at radius 2 is 2.05 bits per heavy atom. The van der Waals surface area contributed by atoms with Crippen LogP contribution in [-0.2, 0) is 0 Å². The van der Waals surface area contributed by atoms with Gasteiger partial charge in [0.2, 0.25) is 0 Å². The molecule has 110 valence electrons. The van der Waals surface area contributed by atoms with Gasteiger partial charge in [-0.15, -0.1) is 0 Å². The Bertz CT molecular complexity index is 877. The summed E-state index contributed by atoms with van der Waals surface area (Å²) in [7, 11) is 1.85. The molecule has 3 rings (SSSR count). The molecule has 0 aliphatic heterocycles.